The molecule has 2 aromatic carbocycles. The Kier molecular flexibility index (Phi) is 8.70. The molecule has 1 fully saturated rings. The number of hydrogen-bond acceptors (Lipinski definition) is 8. The molecule has 1 aliphatic rings. The Morgan fingerprint density at radius 1 is 1.03 bits per heavy atom. The minimum Gasteiger partial charge on any atom is -0.493 e. The van der Waals surface area contributed by atoms with Crippen molar-refractivity contribution in [3.05, 3.63) is 64.2 Å². The lowest BCUT2D eigenvalue weighted by Gasteiger charge is -2.33. The van der Waals surface area contributed by atoms with E-state index in [1.807, 2.05) is 31.2 Å². The predicted molar refractivity (Wildman–Crippen MR) is 150 cm³/mol. The molecule has 11 heteroatoms. The highest BCUT2D eigenvalue weighted by molar-refractivity contribution is 7.09. The highest BCUT2D eigenvalue weighted by atomic mass is 32.1. The van der Waals surface area contributed by atoms with Crippen LogP contribution in [0.5, 0.6) is 11.5 Å². The Balaban J connectivity index is 1.88. The molecule has 1 heterocycles. The molecule has 0 radical (unpaired) electrons. The number of carbonyl (C=O) groups is 3. The molecule has 1 atom stereocenters. The van der Waals surface area contributed by atoms with Crippen molar-refractivity contribution in [2.75, 3.05) is 24.9 Å². The van der Waals surface area contributed by atoms with E-state index in [9.17, 15) is 14.4 Å². The van der Waals surface area contributed by atoms with E-state index in [1.165, 1.54) is 19.1 Å². The normalized spacial score (nSPS) is 14.3. The topological polar surface area (TPSA) is 150 Å². The summed E-state index contributed by atoms with van der Waals surface area (Å²) in [6, 6.07) is 11.3. The van der Waals surface area contributed by atoms with Gasteiger partial charge in [0.1, 0.15) is 10.9 Å². The number of aryl methyl sites for hydroxylation is 1. The largest absolute Gasteiger partial charge is 0.493 e. The average Bonchev–Trinajstić information content (AvgIpc) is 3.33. The number of benzene rings is 2. The maximum Gasteiger partial charge on any atom is 0.273 e. The van der Waals surface area contributed by atoms with E-state index < -0.39 is 17.9 Å². The number of hydrogen-bond donors (Lipinski definition) is 3. The van der Waals surface area contributed by atoms with Gasteiger partial charge < -0.3 is 26.3 Å². The number of aromatic nitrogens is 1. The number of nitrogens with zero attached hydrogens (tertiary/aromatic N) is 2. The highest BCUT2D eigenvalue weighted by Gasteiger charge is 2.37. The molecule has 1 aromatic heterocycles. The molecule has 5 N–H and O–H groups in total. The minimum absolute atomic E-state index is 0.00108. The Morgan fingerprint density at radius 3 is 2.28 bits per heavy atom. The fraction of sp³-hybridized carbons (Fsp3) is 0.357. The van der Waals surface area contributed by atoms with E-state index in [-0.39, 0.29) is 28.2 Å². The number of anilines is 2. The van der Waals surface area contributed by atoms with Crippen LogP contribution in [0.1, 0.15) is 69.4 Å². The van der Waals surface area contributed by atoms with Crippen LogP contribution in [-0.4, -0.2) is 42.4 Å². The first-order valence-corrected chi connectivity index (χ1v) is 13.5. The van der Waals surface area contributed by atoms with Gasteiger partial charge in [0.25, 0.3) is 11.8 Å². The predicted octanol–water partition coefficient (Wildman–Crippen LogP) is 3.99. The summed E-state index contributed by atoms with van der Waals surface area (Å²) < 4.78 is 14.9. The number of carbonyl (C=O) groups excluding carboxylic acids is 3. The zero-order chi connectivity index (χ0) is 28.1. The van der Waals surface area contributed by atoms with Crippen LogP contribution in [0.3, 0.4) is 0 Å². The van der Waals surface area contributed by atoms with Crippen molar-refractivity contribution >= 4 is 40.6 Å². The average molecular weight is 552 g/mol. The van der Waals surface area contributed by atoms with Crippen molar-refractivity contribution in [3.8, 4) is 11.5 Å². The molecular formula is C28H33N5O5S. The van der Waals surface area contributed by atoms with Crippen LogP contribution < -0.4 is 31.2 Å². The molecule has 0 aliphatic heterocycles. The lowest BCUT2D eigenvalue weighted by Crippen LogP contribution is -2.47. The van der Waals surface area contributed by atoms with Gasteiger partial charge in [-0.3, -0.25) is 19.3 Å². The van der Waals surface area contributed by atoms with Gasteiger partial charge in [0.05, 0.1) is 19.9 Å². The van der Waals surface area contributed by atoms with Crippen molar-refractivity contribution in [1.29, 1.82) is 0 Å². The molecule has 1 aliphatic carbocycles. The van der Waals surface area contributed by atoms with Gasteiger partial charge in [-0.25, -0.2) is 0 Å². The van der Waals surface area contributed by atoms with E-state index in [2.05, 4.69) is 9.69 Å². The lowest BCUT2D eigenvalue weighted by molar-refractivity contribution is -0.123. The SMILES string of the molecule is COc1ccc(N(C(=O)c2snc(C(N)=O)c2N)[C@H](C(=O)NC2CCCCC2)c2ccc(C)cc2)cc1OC. The molecule has 1 saturated carbocycles. The summed E-state index contributed by atoms with van der Waals surface area (Å²) in [7, 11) is 3.00. The number of rotatable bonds is 9. The summed E-state index contributed by atoms with van der Waals surface area (Å²) >= 11 is 0.761. The fourth-order valence-corrected chi connectivity index (χ4v) is 5.53. The van der Waals surface area contributed by atoms with Crippen molar-refractivity contribution < 1.29 is 23.9 Å². The highest BCUT2D eigenvalue weighted by Crippen LogP contribution is 2.38. The second-order valence-electron chi connectivity index (χ2n) is 9.51. The Bertz CT molecular complexity index is 1350. The van der Waals surface area contributed by atoms with Crippen LogP contribution in [0.25, 0.3) is 0 Å². The van der Waals surface area contributed by atoms with Gasteiger partial charge in [-0.1, -0.05) is 49.1 Å². The number of nitrogens with two attached hydrogens (primary N) is 2. The first-order valence-electron chi connectivity index (χ1n) is 12.7. The summed E-state index contributed by atoms with van der Waals surface area (Å²) in [5.74, 6) is -0.939. The van der Waals surface area contributed by atoms with Gasteiger partial charge in [0.2, 0.25) is 5.91 Å². The monoisotopic (exact) mass is 551 g/mol. The molecule has 3 amide bonds. The van der Waals surface area contributed by atoms with Gasteiger partial charge in [-0.15, -0.1) is 0 Å². The molecule has 0 saturated heterocycles. The number of primary amides is 1. The molecule has 0 unspecified atom stereocenters. The second kappa shape index (κ2) is 12.2. The number of ether oxygens (including phenoxy) is 2. The summed E-state index contributed by atoms with van der Waals surface area (Å²) in [6.45, 7) is 1.95. The first-order chi connectivity index (χ1) is 18.7. The van der Waals surface area contributed by atoms with Gasteiger partial charge in [0, 0.05) is 17.8 Å². The van der Waals surface area contributed by atoms with Crippen molar-refractivity contribution in [1.82, 2.24) is 9.69 Å². The van der Waals surface area contributed by atoms with E-state index in [1.54, 1.807) is 18.2 Å². The third kappa shape index (κ3) is 5.98. The van der Waals surface area contributed by atoms with E-state index in [0.717, 1.165) is 49.2 Å². The van der Waals surface area contributed by atoms with Gasteiger partial charge >= 0.3 is 0 Å². The van der Waals surface area contributed by atoms with Crippen LogP contribution >= 0.6 is 11.5 Å². The van der Waals surface area contributed by atoms with E-state index in [0.29, 0.717) is 22.7 Å². The zero-order valence-corrected chi connectivity index (χ0v) is 23.0. The third-order valence-corrected chi connectivity index (χ3v) is 7.72. The number of methoxy groups -OCH3 is 2. The number of nitrogens with one attached hydrogen (secondary N) is 1. The van der Waals surface area contributed by atoms with Crippen LogP contribution in [-0.2, 0) is 4.79 Å². The molecular weight excluding hydrogens is 518 g/mol. The molecule has 0 bridgehead atoms. The molecule has 3 aromatic rings. The first kappa shape index (κ1) is 27.9. The summed E-state index contributed by atoms with van der Waals surface area (Å²) in [5.41, 5.74) is 13.2. The van der Waals surface area contributed by atoms with E-state index >= 15 is 0 Å². The quantitative estimate of drug-likeness (QED) is 0.364. The maximum absolute atomic E-state index is 14.2. The van der Waals surface area contributed by atoms with Gasteiger partial charge in [0.15, 0.2) is 17.2 Å². The van der Waals surface area contributed by atoms with Crippen molar-refractivity contribution in [2.24, 2.45) is 5.73 Å². The second-order valence-corrected chi connectivity index (χ2v) is 10.3. The van der Waals surface area contributed by atoms with Crippen LogP contribution in [0, 0.1) is 6.92 Å². The number of nitrogen functional groups attached to an aromatic ring is 1. The smallest absolute Gasteiger partial charge is 0.273 e. The zero-order valence-electron chi connectivity index (χ0n) is 22.2. The van der Waals surface area contributed by atoms with Crippen molar-refractivity contribution in [2.45, 2.75) is 51.1 Å². The Labute approximate surface area is 231 Å². The summed E-state index contributed by atoms with van der Waals surface area (Å²) in [6.07, 6.45) is 4.95. The molecule has 10 nitrogen and oxygen atoms in total. The summed E-state index contributed by atoms with van der Waals surface area (Å²) in [5, 5.41) is 3.17. The maximum atomic E-state index is 14.2. The van der Waals surface area contributed by atoms with Crippen molar-refractivity contribution in [3.63, 3.8) is 0 Å². The van der Waals surface area contributed by atoms with Gasteiger partial charge in [-0.05, 0) is 49.0 Å². The molecule has 4 rings (SSSR count). The lowest BCUT2D eigenvalue weighted by atomic mass is 9.94. The van der Waals surface area contributed by atoms with Crippen LogP contribution in [0.4, 0.5) is 11.4 Å². The fourth-order valence-electron chi connectivity index (χ4n) is 4.79. The Morgan fingerprint density at radius 2 is 1.69 bits per heavy atom. The Hall–Kier alpha value is -4.12. The molecule has 0 spiro atoms. The molecule has 39 heavy (non-hydrogen) atoms. The minimum atomic E-state index is -1.06. The summed E-state index contributed by atoms with van der Waals surface area (Å²) in [4.78, 5) is 41.5. The third-order valence-electron chi connectivity index (χ3n) is 6.87. The van der Waals surface area contributed by atoms with Gasteiger partial charge in [-0.2, -0.15) is 4.37 Å². The standard InChI is InChI=1S/C28H33N5O5S/c1-16-9-11-17(12-10-16)24(27(35)31-18-7-5-4-6-8-18)33(19-13-14-20(37-2)21(15-19)38-3)28(36)25-22(29)23(26(30)34)32-39-25/h9-15,18,24H,4-8,29H2,1-3H3,(H2,30,34)(H,31,35)/t24-/m0/s1. The number of amides is 3. The van der Waals surface area contributed by atoms with E-state index in [4.69, 9.17) is 20.9 Å². The van der Waals surface area contributed by atoms with Crippen LogP contribution in [0.15, 0.2) is 42.5 Å². The van der Waals surface area contributed by atoms with Crippen LogP contribution in [0.2, 0.25) is 0 Å². The molecule has 206 valence electrons.